The number of ether oxygens (including phenoxy) is 1. The van der Waals surface area contributed by atoms with Crippen LogP contribution in [-0.4, -0.2) is 7.11 Å². The van der Waals surface area contributed by atoms with Crippen molar-refractivity contribution in [1.29, 1.82) is 0 Å². The van der Waals surface area contributed by atoms with Crippen LogP contribution in [0.3, 0.4) is 0 Å². The van der Waals surface area contributed by atoms with Gasteiger partial charge in [0.05, 0.1) is 7.11 Å². The summed E-state index contributed by atoms with van der Waals surface area (Å²) in [6.07, 6.45) is 0. The number of rotatable bonds is 3. The van der Waals surface area contributed by atoms with E-state index in [0.717, 1.165) is 5.75 Å². The van der Waals surface area contributed by atoms with Gasteiger partial charge in [-0.05, 0) is 38.6 Å². The van der Waals surface area contributed by atoms with E-state index in [2.05, 4.69) is 159 Å². The molecule has 6 rings (SSSR count). The van der Waals surface area contributed by atoms with Gasteiger partial charge in [-0.2, -0.15) is 12.1 Å². The summed E-state index contributed by atoms with van der Waals surface area (Å²) in [5.74, 6) is 0.997. The molecular formula is C41H44Cl2OZr. The number of aryl methyl sites for hydroxylation is 2. The first kappa shape index (κ1) is 35.2. The van der Waals surface area contributed by atoms with Crippen LogP contribution in [0.2, 0.25) is 0 Å². The second-order valence-electron chi connectivity index (χ2n) is 13.7. The third-order valence-corrected chi connectivity index (χ3v) is 8.14. The van der Waals surface area contributed by atoms with Gasteiger partial charge in [-0.25, -0.2) is 0 Å². The van der Waals surface area contributed by atoms with Crippen molar-refractivity contribution in [3.63, 3.8) is 0 Å². The molecular weight excluding hydrogens is 671 g/mol. The van der Waals surface area contributed by atoms with Gasteiger partial charge in [0.25, 0.3) is 0 Å². The zero-order chi connectivity index (χ0) is 32.9. The Morgan fingerprint density at radius 1 is 0.622 bits per heavy atom. The van der Waals surface area contributed by atoms with E-state index in [0.29, 0.717) is 0 Å². The SMILES string of the molecule is COc1c(C(C)(C)C)cc2[cH-]c(C)cc2c1-c1ccccc1.Cc1cc2c(-c3ccc(C(C)(C)C)cc3)cccc2[cH-]1.[Cl][Zr+2][Cl]. The minimum absolute atomic E-state index is 0.0360. The van der Waals surface area contributed by atoms with Gasteiger partial charge >= 0.3 is 37.9 Å². The number of benzene rings is 4. The zero-order valence-electron chi connectivity index (χ0n) is 28.0. The van der Waals surface area contributed by atoms with Crippen molar-refractivity contribution in [1.82, 2.24) is 0 Å². The zero-order valence-corrected chi connectivity index (χ0v) is 31.9. The number of fused-ring (bicyclic) bond motifs is 2. The molecule has 0 radical (unpaired) electrons. The molecule has 0 N–H and O–H groups in total. The van der Waals surface area contributed by atoms with Crippen molar-refractivity contribution in [2.45, 2.75) is 66.2 Å². The van der Waals surface area contributed by atoms with Crippen LogP contribution >= 0.6 is 17.0 Å². The fraction of sp³-hybridized carbons (Fsp3) is 0.268. The summed E-state index contributed by atoms with van der Waals surface area (Å²) in [5.41, 5.74) is 10.6. The first-order valence-electron chi connectivity index (χ1n) is 15.4. The number of hydrogen-bond donors (Lipinski definition) is 0. The number of hydrogen-bond acceptors (Lipinski definition) is 1. The van der Waals surface area contributed by atoms with Crippen LogP contribution in [0.4, 0.5) is 0 Å². The molecule has 0 heterocycles. The van der Waals surface area contributed by atoms with Crippen LogP contribution in [0.25, 0.3) is 43.8 Å². The van der Waals surface area contributed by atoms with Gasteiger partial charge in [0, 0.05) is 0 Å². The molecule has 232 valence electrons. The molecule has 0 bridgehead atoms. The molecule has 0 unspecified atom stereocenters. The molecule has 0 aliphatic heterocycles. The van der Waals surface area contributed by atoms with Gasteiger partial charge in [0.2, 0.25) is 0 Å². The van der Waals surface area contributed by atoms with Crippen molar-refractivity contribution in [3.8, 4) is 28.0 Å². The van der Waals surface area contributed by atoms with Crippen LogP contribution < -0.4 is 4.74 Å². The molecule has 6 aromatic rings. The molecule has 4 heteroatoms. The van der Waals surface area contributed by atoms with Gasteiger partial charge in [-0.3, -0.25) is 0 Å². The van der Waals surface area contributed by atoms with Crippen molar-refractivity contribution in [2.24, 2.45) is 0 Å². The number of halogens is 2. The maximum absolute atomic E-state index is 5.87. The normalized spacial score (nSPS) is 11.4. The molecule has 0 aliphatic rings. The molecule has 0 spiro atoms. The summed E-state index contributed by atoms with van der Waals surface area (Å²) in [6, 6.07) is 37.4. The standard InChI is InChI=1S/C21H23O.C20H21.2ClH.Zr/c1-14-11-16-13-18(21(2,3)4)20(22-5)19(17(16)12-14)15-9-7-6-8-10-15;1-14-12-16-6-5-7-18(19(16)13-14)15-8-10-17(11-9-15)20(2,3)4;;;/h6-13H,1-5H3;5-13H,1-4H3;2*1H;/q2*-1;;;+4/p-2. The van der Waals surface area contributed by atoms with Crippen LogP contribution in [-0.2, 0) is 31.7 Å². The third kappa shape index (κ3) is 8.40. The Bertz CT molecular complexity index is 1850. The predicted molar refractivity (Wildman–Crippen MR) is 195 cm³/mol. The molecule has 6 aromatic carbocycles. The van der Waals surface area contributed by atoms with Gasteiger partial charge in [-0.15, -0.1) is 63.0 Å². The Kier molecular flexibility index (Phi) is 11.6. The second-order valence-corrected chi connectivity index (χ2v) is 17.5. The van der Waals surface area contributed by atoms with E-state index in [4.69, 9.17) is 21.8 Å². The quantitative estimate of drug-likeness (QED) is 0.166. The second kappa shape index (κ2) is 14.9. The van der Waals surface area contributed by atoms with Gasteiger partial charge in [-0.1, -0.05) is 122 Å². The summed E-state index contributed by atoms with van der Waals surface area (Å²) in [5, 5.41) is 5.25. The van der Waals surface area contributed by atoms with E-state index in [1.54, 1.807) is 7.11 Å². The Morgan fingerprint density at radius 2 is 1.20 bits per heavy atom. The molecule has 1 nitrogen and oxygen atoms in total. The van der Waals surface area contributed by atoms with Crippen LogP contribution in [0.15, 0.2) is 103 Å². The Labute approximate surface area is 288 Å². The van der Waals surface area contributed by atoms with E-state index >= 15 is 0 Å². The Morgan fingerprint density at radius 3 is 1.76 bits per heavy atom. The topological polar surface area (TPSA) is 9.23 Å². The molecule has 0 amide bonds. The molecule has 0 aliphatic carbocycles. The Hall–Kier alpha value is -2.64. The molecule has 0 aromatic heterocycles. The first-order chi connectivity index (χ1) is 21.3. The summed E-state index contributed by atoms with van der Waals surface area (Å²) < 4.78 is 5.87. The van der Waals surface area contributed by atoms with Crippen molar-refractivity contribution in [3.05, 3.63) is 125 Å². The average Bonchev–Trinajstić information content (AvgIpc) is 3.57. The summed E-state index contributed by atoms with van der Waals surface area (Å²) in [6.45, 7) is 17.8. The average molecular weight is 715 g/mol. The summed E-state index contributed by atoms with van der Waals surface area (Å²) >= 11 is -0.826. The number of methoxy groups -OCH3 is 1. The van der Waals surface area contributed by atoms with Crippen LogP contribution in [0.5, 0.6) is 5.75 Å². The fourth-order valence-corrected chi connectivity index (χ4v) is 5.94. The van der Waals surface area contributed by atoms with Crippen LogP contribution in [0.1, 0.15) is 63.8 Å². The maximum atomic E-state index is 5.87. The van der Waals surface area contributed by atoms with Crippen LogP contribution in [0, 0.1) is 13.8 Å². The molecule has 0 fully saturated rings. The monoisotopic (exact) mass is 712 g/mol. The molecule has 0 saturated heterocycles. The van der Waals surface area contributed by atoms with Crippen molar-refractivity contribution < 1.29 is 25.6 Å². The van der Waals surface area contributed by atoms with Crippen molar-refractivity contribution in [2.75, 3.05) is 7.11 Å². The van der Waals surface area contributed by atoms with E-state index in [1.165, 1.54) is 66.1 Å². The van der Waals surface area contributed by atoms with Crippen molar-refractivity contribution >= 4 is 38.6 Å². The van der Waals surface area contributed by atoms with E-state index in [-0.39, 0.29) is 10.8 Å². The van der Waals surface area contributed by atoms with Gasteiger partial charge < -0.3 is 4.74 Å². The summed E-state index contributed by atoms with van der Waals surface area (Å²) in [7, 11) is 11.6. The van der Waals surface area contributed by atoms with Gasteiger partial charge in [0.15, 0.2) is 0 Å². The first-order valence-corrected chi connectivity index (χ1v) is 21.7. The fourth-order valence-electron chi connectivity index (χ4n) is 5.94. The van der Waals surface area contributed by atoms with E-state index < -0.39 is 20.8 Å². The minimum atomic E-state index is -0.826. The van der Waals surface area contributed by atoms with Gasteiger partial charge in [0.1, 0.15) is 5.75 Å². The summed E-state index contributed by atoms with van der Waals surface area (Å²) in [4.78, 5) is 0. The van der Waals surface area contributed by atoms with E-state index in [1.807, 2.05) is 0 Å². The molecule has 0 saturated carbocycles. The van der Waals surface area contributed by atoms with E-state index in [9.17, 15) is 0 Å². The predicted octanol–water partition coefficient (Wildman–Crippen LogP) is 13.0. The molecule has 0 atom stereocenters. The Balaban J connectivity index is 0.000000189. The third-order valence-electron chi connectivity index (χ3n) is 8.14. The molecule has 45 heavy (non-hydrogen) atoms.